The Bertz CT molecular complexity index is 865. The van der Waals surface area contributed by atoms with Crippen molar-refractivity contribution in [2.75, 3.05) is 16.2 Å². The molecule has 0 atom stereocenters. The van der Waals surface area contributed by atoms with Crippen LogP contribution in [0.4, 0.5) is 11.4 Å². The molecule has 1 saturated heterocycles. The molecule has 1 aliphatic heterocycles. The number of carbonyl (C=O) groups excluding carboxylic acids is 1. The Labute approximate surface area is 147 Å². The summed E-state index contributed by atoms with van der Waals surface area (Å²) in [5, 5.41) is 0. The fourth-order valence-corrected chi connectivity index (χ4v) is 5.63. The van der Waals surface area contributed by atoms with Gasteiger partial charge in [0, 0.05) is 13.0 Å². The topological polar surface area (TPSA) is 66.5 Å². The van der Waals surface area contributed by atoms with Gasteiger partial charge in [0.15, 0.2) is 0 Å². The second-order valence-corrected chi connectivity index (χ2v) is 8.90. The minimum atomic E-state index is -3.89. The Kier molecular flexibility index (Phi) is 4.55. The Morgan fingerprint density at radius 3 is 2.57 bits per heavy atom. The van der Waals surface area contributed by atoms with E-state index >= 15 is 0 Å². The number of amides is 1. The molecule has 9 heteroatoms. The Morgan fingerprint density at radius 1 is 1.22 bits per heavy atom. The van der Waals surface area contributed by atoms with Crippen molar-refractivity contribution in [1.29, 1.82) is 0 Å². The van der Waals surface area contributed by atoms with Crippen LogP contribution in [0.2, 0.25) is 8.67 Å². The van der Waals surface area contributed by atoms with E-state index in [0.717, 1.165) is 17.8 Å². The van der Waals surface area contributed by atoms with Crippen LogP contribution in [0.3, 0.4) is 0 Å². The summed E-state index contributed by atoms with van der Waals surface area (Å²) in [6, 6.07) is 8.08. The molecule has 2 heterocycles. The lowest BCUT2D eigenvalue weighted by molar-refractivity contribution is -0.117. The highest BCUT2D eigenvalue weighted by molar-refractivity contribution is 7.93. The number of para-hydroxylation sites is 2. The van der Waals surface area contributed by atoms with Gasteiger partial charge >= 0.3 is 0 Å². The van der Waals surface area contributed by atoms with Crippen LogP contribution in [0, 0.1) is 0 Å². The SMILES string of the molecule is O=C1CCCN1c1ccccc1NS(=O)(=O)c1cc(Cl)sc1Cl. The Morgan fingerprint density at radius 2 is 1.96 bits per heavy atom. The van der Waals surface area contributed by atoms with Crippen LogP contribution in [0.15, 0.2) is 35.2 Å². The lowest BCUT2D eigenvalue weighted by Crippen LogP contribution is -2.25. The molecule has 0 saturated carbocycles. The van der Waals surface area contributed by atoms with Crippen LogP contribution in [-0.4, -0.2) is 20.9 Å². The summed E-state index contributed by atoms with van der Waals surface area (Å²) < 4.78 is 27.9. The first-order chi connectivity index (χ1) is 10.9. The van der Waals surface area contributed by atoms with Gasteiger partial charge in [-0.2, -0.15) is 0 Å². The number of thiophene rings is 1. The molecule has 5 nitrogen and oxygen atoms in total. The summed E-state index contributed by atoms with van der Waals surface area (Å²) in [6.45, 7) is 0.572. The van der Waals surface area contributed by atoms with Crippen molar-refractivity contribution in [1.82, 2.24) is 0 Å². The highest BCUT2D eigenvalue weighted by Crippen LogP contribution is 2.37. The molecule has 0 bridgehead atoms. The third-order valence-electron chi connectivity index (χ3n) is 3.43. The number of halogens is 2. The summed E-state index contributed by atoms with van der Waals surface area (Å²) in [4.78, 5) is 13.4. The van der Waals surface area contributed by atoms with Crippen LogP contribution in [0.25, 0.3) is 0 Å². The van der Waals surface area contributed by atoms with Crippen molar-refractivity contribution in [3.63, 3.8) is 0 Å². The first kappa shape index (κ1) is 16.6. The summed E-state index contributed by atoms with van der Waals surface area (Å²) in [6.07, 6.45) is 1.22. The maximum atomic E-state index is 12.5. The van der Waals surface area contributed by atoms with Crippen LogP contribution in [-0.2, 0) is 14.8 Å². The number of hydrogen-bond acceptors (Lipinski definition) is 4. The maximum absolute atomic E-state index is 12.5. The molecule has 3 rings (SSSR count). The van der Waals surface area contributed by atoms with Gasteiger partial charge in [-0.25, -0.2) is 8.42 Å². The van der Waals surface area contributed by atoms with Crippen molar-refractivity contribution < 1.29 is 13.2 Å². The van der Waals surface area contributed by atoms with Gasteiger partial charge in [0.05, 0.1) is 15.7 Å². The molecule has 1 aromatic heterocycles. The van der Waals surface area contributed by atoms with Crippen molar-refractivity contribution in [3.05, 3.63) is 39.0 Å². The summed E-state index contributed by atoms with van der Waals surface area (Å²) >= 11 is 12.7. The van der Waals surface area contributed by atoms with Crippen molar-refractivity contribution in [2.24, 2.45) is 0 Å². The average Bonchev–Trinajstić information content (AvgIpc) is 3.05. The minimum Gasteiger partial charge on any atom is -0.310 e. The zero-order valence-electron chi connectivity index (χ0n) is 11.8. The summed E-state index contributed by atoms with van der Waals surface area (Å²) in [7, 11) is -3.89. The van der Waals surface area contributed by atoms with E-state index < -0.39 is 10.0 Å². The van der Waals surface area contributed by atoms with Gasteiger partial charge in [-0.1, -0.05) is 35.3 Å². The van der Waals surface area contributed by atoms with E-state index in [0.29, 0.717) is 28.7 Å². The highest BCUT2D eigenvalue weighted by atomic mass is 35.5. The first-order valence-electron chi connectivity index (χ1n) is 6.75. The fourth-order valence-electron chi connectivity index (χ4n) is 2.41. The molecule has 0 spiro atoms. The largest absolute Gasteiger partial charge is 0.310 e. The molecule has 2 aromatic rings. The van der Waals surface area contributed by atoms with Crippen molar-refractivity contribution in [2.45, 2.75) is 17.7 Å². The second-order valence-electron chi connectivity index (χ2n) is 4.96. The smallest absolute Gasteiger partial charge is 0.264 e. The van der Waals surface area contributed by atoms with Gasteiger partial charge in [-0.05, 0) is 24.6 Å². The third kappa shape index (κ3) is 3.33. The van der Waals surface area contributed by atoms with Crippen molar-refractivity contribution >= 4 is 61.8 Å². The third-order valence-corrected chi connectivity index (χ3v) is 6.55. The van der Waals surface area contributed by atoms with E-state index in [1.807, 2.05) is 0 Å². The van der Waals surface area contributed by atoms with Crippen molar-refractivity contribution in [3.8, 4) is 0 Å². The molecule has 23 heavy (non-hydrogen) atoms. The molecule has 0 aliphatic carbocycles. The standard InChI is InChI=1S/C14H12Cl2N2O3S2/c15-12-8-11(14(16)22-12)23(20,21)17-9-4-1-2-5-10(9)18-7-3-6-13(18)19/h1-2,4-5,8,17H,3,6-7H2. The van der Waals surface area contributed by atoms with E-state index in [1.54, 1.807) is 29.2 Å². The van der Waals surface area contributed by atoms with Gasteiger partial charge in [0.25, 0.3) is 10.0 Å². The molecule has 1 fully saturated rings. The van der Waals surface area contributed by atoms with Gasteiger partial charge in [0.2, 0.25) is 5.91 Å². The zero-order valence-corrected chi connectivity index (χ0v) is 14.9. The number of nitrogens with zero attached hydrogens (tertiary/aromatic N) is 1. The number of anilines is 2. The Hall–Kier alpha value is -1.28. The molecule has 122 valence electrons. The number of carbonyl (C=O) groups is 1. The van der Waals surface area contributed by atoms with Crippen LogP contribution in [0.5, 0.6) is 0 Å². The van der Waals surface area contributed by atoms with Gasteiger partial charge in [-0.3, -0.25) is 9.52 Å². The normalized spacial score (nSPS) is 15.2. The first-order valence-corrected chi connectivity index (χ1v) is 9.81. The molecule has 0 unspecified atom stereocenters. The second kappa shape index (κ2) is 6.32. The van der Waals surface area contributed by atoms with Crippen LogP contribution >= 0.6 is 34.5 Å². The van der Waals surface area contributed by atoms with E-state index in [-0.39, 0.29) is 15.1 Å². The molecule has 1 N–H and O–H groups in total. The number of hydrogen-bond donors (Lipinski definition) is 1. The van der Waals surface area contributed by atoms with Gasteiger partial charge in [-0.15, -0.1) is 11.3 Å². The predicted octanol–water partition coefficient (Wildman–Crippen LogP) is 3.98. The molecule has 1 amide bonds. The summed E-state index contributed by atoms with van der Waals surface area (Å²) in [5.41, 5.74) is 0.872. The van der Waals surface area contributed by atoms with Gasteiger partial charge < -0.3 is 4.90 Å². The average molecular weight is 391 g/mol. The zero-order chi connectivity index (χ0) is 16.6. The van der Waals surface area contributed by atoms with Crippen LogP contribution < -0.4 is 9.62 Å². The maximum Gasteiger partial charge on any atom is 0.264 e. The molecular formula is C14H12Cl2N2O3S2. The molecule has 1 aromatic carbocycles. The van der Waals surface area contributed by atoms with Gasteiger partial charge in [0.1, 0.15) is 9.23 Å². The van der Waals surface area contributed by atoms with E-state index in [4.69, 9.17) is 23.2 Å². The summed E-state index contributed by atoms with van der Waals surface area (Å²) in [5.74, 6) is -0.0201. The Balaban J connectivity index is 1.97. The van der Waals surface area contributed by atoms with Crippen LogP contribution in [0.1, 0.15) is 12.8 Å². The van der Waals surface area contributed by atoms with E-state index in [1.165, 1.54) is 6.07 Å². The van der Waals surface area contributed by atoms with E-state index in [2.05, 4.69) is 4.72 Å². The molecular weight excluding hydrogens is 379 g/mol. The monoisotopic (exact) mass is 390 g/mol. The number of sulfonamides is 1. The fraction of sp³-hybridized carbons (Fsp3) is 0.214. The lowest BCUT2D eigenvalue weighted by Gasteiger charge is -2.20. The van der Waals surface area contributed by atoms with E-state index in [9.17, 15) is 13.2 Å². The highest BCUT2D eigenvalue weighted by Gasteiger charge is 2.27. The lowest BCUT2D eigenvalue weighted by atomic mass is 10.2. The molecule has 1 aliphatic rings. The molecule has 0 radical (unpaired) electrons. The number of nitrogens with one attached hydrogen (secondary N) is 1. The quantitative estimate of drug-likeness (QED) is 0.857. The minimum absolute atomic E-state index is 0.0201. The number of benzene rings is 1. The number of rotatable bonds is 4. The predicted molar refractivity (Wildman–Crippen MR) is 93.2 cm³/mol.